The molecule has 0 atom stereocenters. The van der Waals surface area contributed by atoms with Crippen molar-refractivity contribution in [2.24, 2.45) is 11.8 Å². The van der Waals surface area contributed by atoms with Crippen molar-refractivity contribution in [1.29, 1.82) is 0 Å². The smallest absolute Gasteiger partial charge is 0.413 e. The lowest BCUT2D eigenvalue weighted by molar-refractivity contribution is -0.00365. The molecule has 202 valence electrons. The number of nitrogen functional groups attached to an aromatic ring is 1. The number of piperidine rings is 1. The van der Waals surface area contributed by atoms with Gasteiger partial charge in [0.05, 0.1) is 5.69 Å². The summed E-state index contributed by atoms with van der Waals surface area (Å²) in [7, 11) is 0. The Morgan fingerprint density at radius 2 is 1.92 bits per heavy atom. The van der Waals surface area contributed by atoms with Gasteiger partial charge in [0.25, 0.3) is 0 Å². The van der Waals surface area contributed by atoms with Gasteiger partial charge >= 0.3 is 6.09 Å². The molecule has 2 aromatic heterocycles. The van der Waals surface area contributed by atoms with E-state index in [-0.39, 0.29) is 24.2 Å². The zero-order chi connectivity index (χ0) is 25.5. The molecule has 1 saturated carbocycles. The first-order chi connectivity index (χ1) is 18.0. The van der Waals surface area contributed by atoms with Crippen LogP contribution in [0.1, 0.15) is 31.2 Å². The van der Waals surface area contributed by atoms with Gasteiger partial charge in [-0.05, 0) is 80.6 Å². The molecule has 1 aliphatic carbocycles. The molecule has 38 heavy (non-hydrogen) atoms. The minimum absolute atomic E-state index is 0. The number of halogens is 2. The van der Waals surface area contributed by atoms with Crippen LogP contribution in [0.5, 0.6) is 5.88 Å². The number of anilines is 3. The van der Waals surface area contributed by atoms with E-state index >= 15 is 4.39 Å². The standard InChI is InChI=1S/C27H31FN6O3.ClH/c1-14-20(12-33-26-25(14)31-6-7-36-26)19-10-17-11-22(32-13-21(17)24(29)23(19)28)34-27(35)37-18-8-16(9-18)15-2-4-30-5-3-15;/h10-13,15-16,18,30-31H,2-9,29H2,1H3,(H,32,34,35);1H. The summed E-state index contributed by atoms with van der Waals surface area (Å²) in [5, 5.41) is 10.5. The molecular weight excluding hydrogens is 511 g/mol. The predicted octanol–water partition coefficient (Wildman–Crippen LogP) is 4.88. The van der Waals surface area contributed by atoms with E-state index in [1.165, 1.54) is 19.0 Å². The molecule has 5 N–H and O–H groups in total. The Hall–Kier alpha value is -3.37. The first kappa shape index (κ1) is 26.2. The Bertz CT molecular complexity index is 1360. The average Bonchev–Trinajstić information content (AvgIpc) is 2.89. The first-order valence-corrected chi connectivity index (χ1v) is 12.9. The molecule has 0 spiro atoms. The van der Waals surface area contributed by atoms with Crippen LogP contribution in [0.4, 0.5) is 26.4 Å². The Morgan fingerprint density at radius 3 is 2.71 bits per heavy atom. The van der Waals surface area contributed by atoms with Crippen molar-refractivity contribution in [3.63, 3.8) is 0 Å². The topological polar surface area (TPSA) is 123 Å². The number of nitrogens with two attached hydrogens (primary N) is 1. The monoisotopic (exact) mass is 542 g/mol. The highest BCUT2D eigenvalue weighted by Gasteiger charge is 2.37. The van der Waals surface area contributed by atoms with Gasteiger partial charge in [-0.2, -0.15) is 0 Å². The average molecular weight is 543 g/mol. The van der Waals surface area contributed by atoms with Gasteiger partial charge in [-0.25, -0.2) is 19.2 Å². The molecule has 3 aliphatic rings. The number of nitrogens with zero attached hydrogens (tertiary/aromatic N) is 2. The highest BCUT2D eigenvalue weighted by atomic mass is 35.5. The number of fused-ring (bicyclic) bond motifs is 2. The van der Waals surface area contributed by atoms with Crippen molar-refractivity contribution in [3.8, 4) is 17.0 Å². The molecule has 1 saturated heterocycles. The lowest BCUT2D eigenvalue weighted by Gasteiger charge is -2.41. The first-order valence-electron chi connectivity index (χ1n) is 12.9. The van der Waals surface area contributed by atoms with E-state index in [1.54, 1.807) is 18.3 Å². The van der Waals surface area contributed by atoms with Crippen molar-refractivity contribution in [3.05, 3.63) is 35.9 Å². The molecule has 4 heterocycles. The van der Waals surface area contributed by atoms with Gasteiger partial charge in [0.1, 0.15) is 24.2 Å². The molecule has 6 rings (SSSR count). The molecule has 1 aromatic carbocycles. The number of hydrogen-bond donors (Lipinski definition) is 4. The fraction of sp³-hybridized carbons (Fsp3) is 0.444. The molecule has 0 radical (unpaired) electrons. The second-order valence-electron chi connectivity index (χ2n) is 10.2. The van der Waals surface area contributed by atoms with Crippen LogP contribution < -0.4 is 26.4 Å². The summed E-state index contributed by atoms with van der Waals surface area (Å²) in [5.74, 6) is 1.65. The summed E-state index contributed by atoms with van der Waals surface area (Å²) >= 11 is 0. The maximum Gasteiger partial charge on any atom is 0.413 e. The van der Waals surface area contributed by atoms with E-state index in [1.807, 2.05) is 6.92 Å². The summed E-state index contributed by atoms with van der Waals surface area (Å²) in [6.45, 7) is 5.22. The van der Waals surface area contributed by atoms with Crippen molar-refractivity contribution < 1.29 is 18.7 Å². The summed E-state index contributed by atoms with van der Waals surface area (Å²) in [5.41, 5.74) is 8.67. The predicted molar refractivity (Wildman–Crippen MR) is 148 cm³/mol. The molecule has 0 unspecified atom stereocenters. The van der Waals surface area contributed by atoms with Gasteiger partial charge < -0.3 is 25.8 Å². The number of rotatable bonds is 4. The summed E-state index contributed by atoms with van der Waals surface area (Å²) in [4.78, 5) is 21.2. The number of carbonyl (C=O) groups is 1. The SMILES string of the molecule is Cc1c(-c2cc3cc(NC(=O)OC4CC(C5CCNCC5)C4)ncc3c(N)c2F)cnc2c1NCCO2.Cl. The van der Waals surface area contributed by atoms with Gasteiger partial charge in [0, 0.05) is 35.5 Å². The zero-order valence-corrected chi connectivity index (χ0v) is 22.0. The number of hydrogen-bond acceptors (Lipinski definition) is 8. The molecular formula is C27H32ClFN6O3. The molecule has 2 aliphatic heterocycles. The molecule has 11 heteroatoms. The molecule has 2 fully saturated rings. The van der Waals surface area contributed by atoms with Crippen LogP contribution in [0.3, 0.4) is 0 Å². The summed E-state index contributed by atoms with van der Waals surface area (Å²) < 4.78 is 26.6. The second kappa shape index (κ2) is 10.8. The van der Waals surface area contributed by atoms with Crippen molar-refractivity contribution in [1.82, 2.24) is 15.3 Å². The van der Waals surface area contributed by atoms with Crippen molar-refractivity contribution in [2.45, 2.75) is 38.7 Å². The quantitative estimate of drug-likeness (QED) is 0.344. The minimum Gasteiger partial charge on any atom is -0.474 e. The minimum atomic E-state index is -0.538. The van der Waals surface area contributed by atoms with E-state index in [4.69, 9.17) is 15.2 Å². The van der Waals surface area contributed by atoms with Crippen LogP contribution in [0.15, 0.2) is 24.5 Å². The van der Waals surface area contributed by atoms with Crippen LogP contribution in [0.2, 0.25) is 0 Å². The Morgan fingerprint density at radius 1 is 1.13 bits per heavy atom. The van der Waals surface area contributed by atoms with Gasteiger partial charge in [0.15, 0.2) is 5.82 Å². The number of aromatic nitrogens is 2. The summed E-state index contributed by atoms with van der Waals surface area (Å²) in [6.07, 6.45) is 6.69. The number of ether oxygens (including phenoxy) is 2. The number of pyridine rings is 2. The lowest BCUT2D eigenvalue weighted by atomic mass is 9.70. The van der Waals surface area contributed by atoms with E-state index < -0.39 is 11.9 Å². The second-order valence-corrected chi connectivity index (χ2v) is 10.2. The third-order valence-electron chi connectivity index (χ3n) is 7.92. The number of amides is 1. The Labute approximate surface area is 226 Å². The lowest BCUT2D eigenvalue weighted by Crippen LogP contribution is -2.41. The Kier molecular flexibility index (Phi) is 7.45. The van der Waals surface area contributed by atoms with Gasteiger partial charge in [-0.3, -0.25) is 5.32 Å². The molecule has 1 amide bonds. The van der Waals surface area contributed by atoms with E-state index in [0.29, 0.717) is 52.7 Å². The normalized spacial score (nSPS) is 20.8. The van der Waals surface area contributed by atoms with Crippen molar-refractivity contribution >= 4 is 46.5 Å². The largest absolute Gasteiger partial charge is 0.474 e. The van der Waals surface area contributed by atoms with E-state index in [0.717, 1.165) is 43.1 Å². The van der Waals surface area contributed by atoms with Crippen LogP contribution in [0, 0.1) is 24.6 Å². The van der Waals surface area contributed by atoms with Gasteiger partial charge in [-0.1, -0.05) is 0 Å². The van der Waals surface area contributed by atoms with Crippen LogP contribution in [-0.4, -0.2) is 48.4 Å². The third kappa shape index (κ3) is 4.90. The fourth-order valence-corrected chi connectivity index (χ4v) is 5.74. The number of benzene rings is 1. The van der Waals surface area contributed by atoms with E-state index in [2.05, 4.69) is 25.9 Å². The van der Waals surface area contributed by atoms with Crippen LogP contribution in [-0.2, 0) is 4.74 Å². The summed E-state index contributed by atoms with van der Waals surface area (Å²) in [6, 6.07) is 3.38. The van der Waals surface area contributed by atoms with Crippen molar-refractivity contribution in [2.75, 3.05) is 42.6 Å². The van der Waals surface area contributed by atoms with Crippen LogP contribution in [0.25, 0.3) is 21.9 Å². The molecule has 9 nitrogen and oxygen atoms in total. The number of nitrogens with one attached hydrogen (secondary N) is 3. The van der Waals surface area contributed by atoms with Gasteiger partial charge in [0.2, 0.25) is 5.88 Å². The number of carbonyl (C=O) groups excluding carboxylic acids is 1. The van der Waals surface area contributed by atoms with E-state index in [9.17, 15) is 4.79 Å². The third-order valence-corrected chi connectivity index (χ3v) is 7.92. The molecule has 0 bridgehead atoms. The maximum atomic E-state index is 15.4. The fourth-order valence-electron chi connectivity index (χ4n) is 5.74. The van der Waals surface area contributed by atoms with Gasteiger partial charge in [-0.15, -0.1) is 12.4 Å². The highest BCUT2D eigenvalue weighted by Crippen LogP contribution is 2.41. The zero-order valence-electron chi connectivity index (χ0n) is 21.2. The molecule has 3 aromatic rings. The maximum absolute atomic E-state index is 15.4. The Balaban J connectivity index is 0.00000294. The highest BCUT2D eigenvalue weighted by molar-refractivity contribution is 5.99. The van der Waals surface area contributed by atoms with Crippen LogP contribution >= 0.6 is 12.4 Å².